The van der Waals surface area contributed by atoms with E-state index in [0.29, 0.717) is 32.4 Å². The van der Waals surface area contributed by atoms with Crippen molar-refractivity contribution in [3.8, 4) is 0 Å². The first-order chi connectivity index (χ1) is 13.5. The molecule has 2 aromatic rings. The van der Waals surface area contributed by atoms with Gasteiger partial charge in [-0.05, 0) is 41.7 Å². The summed E-state index contributed by atoms with van der Waals surface area (Å²) in [5.74, 6) is -0.807. The molecule has 0 saturated carbocycles. The molecule has 0 spiro atoms. The lowest BCUT2D eigenvalue weighted by Gasteiger charge is -2.16. The minimum Gasteiger partial charge on any atom is -0.478 e. The van der Waals surface area contributed by atoms with Gasteiger partial charge >= 0.3 is 5.97 Å². The zero-order valence-corrected chi connectivity index (χ0v) is 15.7. The molecule has 1 saturated heterocycles. The molecule has 1 aliphatic rings. The predicted molar refractivity (Wildman–Crippen MR) is 105 cm³/mol. The Bertz CT molecular complexity index is 861. The summed E-state index contributed by atoms with van der Waals surface area (Å²) in [6.45, 7) is 1.87. The molecular weight excluding hydrogens is 356 g/mol. The van der Waals surface area contributed by atoms with Gasteiger partial charge in [-0.3, -0.25) is 9.59 Å². The van der Waals surface area contributed by atoms with Gasteiger partial charge in [-0.15, -0.1) is 0 Å². The second-order valence-corrected chi connectivity index (χ2v) is 7.02. The van der Waals surface area contributed by atoms with Crippen LogP contribution in [0, 0.1) is 0 Å². The fraction of sp³-hybridized carbons (Fsp3) is 0.318. The van der Waals surface area contributed by atoms with Crippen LogP contribution in [0.1, 0.15) is 46.3 Å². The highest BCUT2D eigenvalue weighted by Crippen LogP contribution is 2.15. The smallest absolute Gasteiger partial charge is 0.335 e. The molecule has 2 aromatic carbocycles. The molecule has 0 atom stereocenters. The maximum absolute atomic E-state index is 12.1. The number of likely N-dealkylation sites (tertiary alicyclic amines) is 1. The van der Waals surface area contributed by atoms with Gasteiger partial charge in [-0.1, -0.05) is 36.4 Å². The van der Waals surface area contributed by atoms with E-state index in [0.717, 1.165) is 29.7 Å². The minimum absolute atomic E-state index is 0.0533. The molecule has 28 heavy (non-hydrogen) atoms. The Kier molecular flexibility index (Phi) is 6.42. The molecule has 146 valence electrons. The third kappa shape index (κ3) is 5.42. The van der Waals surface area contributed by atoms with Crippen molar-refractivity contribution < 1.29 is 19.5 Å². The average Bonchev–Trinajstić information content (AvgIpc) is 3.10. The van der Waals surface area contributed by atoms with E-state index in [-0.39, 0.29) is 17.4 Å². The van der Waals surface area contributed by atoms with Crippen molar-refractivity contribution in [2.75, 3.05) is 6.54 Å². The van der Waals surface area contributed by atoms with E-state index in [2.05, 4.69) is 5.32 Å². The molecular formula is C22H24N2O4. The van der Waals surface area contributed by atoms with Crippen LogP contribution in [-0.2, 0) is 29.1 Å². The zero-order chi connectivity index (χ0) is 19.9. The van der Waals surface area contributed by atoms with Crippen molar-refractivity contribution in [1.82, 2.24) is 10.2 Å². The quantitative estimate of drug-likeness (QED) is 0.737. The lowest BCUT2D eigenvalue weighted by atomic mass is 10.1. The first kappa shape index (κ1) is 19.6. The topological polar surface area (TPSA) is 86.7 Å². The summed E-state index contributed by atoms with van der Waals surface area (Å²) in [5, 5.41) is 11.8. The molecule has 0 aliphatic carbocycles. The molecule has 0 radical (unpaired) electrons. The molecule has 0 unspecified atom stereocenters. The summed E-state index contributed by atoms with van der Waals surface area (Å²) >= 11 is 0. The molecule has 3 rings (SSSR count). The van der Waals surface area contributed by atoms with Gasteiger partial charge in [0.1, 0.15) is 0 Å². The van der Waals surface area contributed by atoms with E-state index < -0.39 is 5.97 Å². The van der Waals surface area contributed by atoms with Crippen LogP contribution in [0.5, 0.6) is 0 Å². The first-order valence-corrected chi connectivity index (χ1v) is 9.46. The number of carboxylic acids is 1. The SMILES string of the molecule is O=C(CCc1ccc(C(=O)O)cc1)NCc1cccc(CN2CCCC2=O)c1. The molecule has 6 nitrogen and oxygen atoms in total. The Morgan fingerprint density at radius 2 is 1.79 bits per heavy atom. The second-order valence-electron chi connectivity index (χ2n) is 7.02. The monoisotopic (exact) mass is 380 g/mol. The van der Waals surface area contributed by atoms with Crippen LogP contribution in [0.25, 0.3) is 0 Å². The number of nitrogens with zero attached hydrogens (tertiary/aromatic N) is 1. The number of hydrogen-bond donors (Lipinski definition) is 2. The lowest BCUT2D eigenvalue weighted by molar-refractivity contribution is -0.128. The van der Waals surface area contributed by atoms with Crippen LogP contribution < -0.4 is 5.32 Å². The molecule has 6 heteroatoms. The van der Waals surface area contributed by atoms with Crippen LogP contribution >= 0.6 is 0 Å². The van der Waals surface area contributed by atoms with Crippen molar-refractivity contribution in [1.29, 1.82) is 0 Å². The van der Waals surface area contributed by atoms with E-state index in [1.807, 2.05) is 29.2 Å². The summed E-state index contributed by atoms with van der Waals surface area (Å²) in [4.78, 5) is 36.6. The Morgan fingerprint density at radius 3 is 2.46 bits per heavy atom. The van der Waals surface area contributed by atoms with Gasteiger partial charge in [0, 0.05) is 32.5 Å². The number of amides is 2. The van der Waals surface area contributed by atoms with Crippen LogP contribution in [0.3, 0.4) is 0 Å². The third-order valence-electron chi connectivity index (χ3n) is 4.87. The Labute approximate surface area is 164 Å². The van der Waals surface area contributed by atoms with Crippen molar-refractivity contribution in [2.24, 2.45) is 0 Å². The molecule has 1 heterocycles. The largest absolute Gasteiger partial charge is 0.478 e. The van der Waals surface area contributed by atoms with Gasteiger partial charge in [0.15, 0.2) is 0 Å². The highest BCUT2D eigenvalue weighted by atomic mass is 16.4. The summed E-state index contributed by atoms with van der Waals surface area (Å²) in [6.07, 6.45) is 2.46. The highest BCUT2D eigenvalue weighted by molar-refractivity contribution is 5.87. The number of benzene rings is 2. The van der Waals surface area contributed by atoms with Crippen molar-refractivity contribution in [3.05, 3.63) is 70.8 Å². The van der Waals surface area contributed by atoms with E-state index >= 15 is 0 Å². The molecule has 2 amide bonds. The van der Waals surface area contributed by atoms with Gasteiger partial charge in [0.05, 0.1) is 5.56 Å². The minimum atomic E-state index is -0.958. The molecule has 2 N–H and O–H groups in total. The van der Waals surface area contributed by atoms with Crippen LogP contribution in [0.2, 0.25) is 0 Å². The highest BCUT2D eigenvalue weighted by Gasteiger charge is 2.19. The van der Waals surface area contributed by atoms with Crippen LogP contribution in [-0.4, -0.2) is 34.3 Å². The van der Waals surface area contributed by atoms with Crippen LogP contribution in [0.15, 0.2) is 48.5 Å². The average molecular weight is 380 g/mol. The molecule has 1 aliphatic heterocycles. The number of aromatic carboxylic acids is 1. The third-order valence-corrected chi connectivity index (χ3v) is 4.87. The number of aryl methyl sites for hydroxylation is 1. The van der Waals surface area contributed by atoms with Gasteiger partial charge in [-0.2, -0.15) is 0 Å². The normalized spacial score (nSPS) is 13.6. The summed E-state index contributed by atoms with van der Waals surface area (Å²) < 4.78 is 0. The maximum Gasteiger partial charge on any atom is 0.335 e. The maximum atomic E-state index is 12.1. The van der Waals surface area contributed by atoms with Gasteiger partial charge < -0.3 is 15.3 Å². The summed E-state index contributed by atoms with van der Waals surface area (Å²) in [5.41, 5.74) is 3.24. The van der Waals surface area contributed by atoms with Crippen molar-refractivity contribution >= 4 is 17.8 Å². The Balaban J connectivity index is 1.45. The molecule has 1 fully saturated rings. The van der Waals surface area contributed by atoms with Crippen LogP contribution in [0.4, 0.5) is 0 Å². The number of nitrogens with one attached hydrogen (secondary N) is 1. The predicted octanol–water partition coefficient (Wildman–Crippen LogP) is 2.76. The number of carbonyl (C=O) groups is 3. The van der Waals surface area contributed by atoms with Crippen molar-refractivity contribution in [2.45, 2.75) is 38.8 Å². The van der Waals surface area contributed by atoms with Crippen molar-refractivity contribution in [3.63, 3.8) is 0 Å². The van der Waals surface area contributed by atoms with E-state index in [9.17, 15) is 14.4 Å². The Hall–Kier alpha value is -3.15. The van der Waals surface area contributed by atoms with E-state index in [4.69, 9.17) is 5.11 Å². The van der Waals surface area contributed by atoms with E-state index in [1.54, 1.807) is 24.3 Å². The summed E-state index contributed by atoms with van der Waals surface area (Å²) in [6, 6.07) is 14.5. The first-order valence-electron chi connectivity index (χ1n) is 9.46. The number of hydrogen-bond acceptors (Lipinski definition) is 3. The lowest BCUT2D eigenvalue weighted by Crippen LogP contribution is -2.24. The fourth-order valence-corrected chi connectivity index (χ4v) is 3.29. The summed E-state index contributed by atoms with van der Waals surface area (Å²) in [7, 11) is 0. The van der Waals surface area contributed by atoms with Gasteiger partial charge in [0.25, 0.3) is 0 Å². The number of carbonyl (C=O) groups excluding carboxylic acids is 2. The number of rotatable bonds is 8. The Morgan fingerprint density at radius 1 is 1.04 bits per heavy atom. The standard InChI is InChI=1S/C22H24N2O4/c25-20(11-8-16-6-9-19(10-7-16)22(27)28)23-14-17-3-1-4-18(13-17)15-24-12-2-5-21(24)26/h1,3-4,6-7,9-10,13H,2,5,8,11-12,14-15H2,(H,23,25)(H,27,28). The second kappa shape index (κ2) is 9.17. The number of carboxylic acid groups (broad SMARTS) is 1. The van der Waals surface area contributed by atoms with Gasteiger partial charge in [-0.25, -0.2) is 4.79 Å². The van der Waals surface area contributed by atoms with Gasteiger partial charge in [0.2, 0.25) is 11.8 Å². The fourth-order valence-electron chi connectivity index (χ4n) is 3.29. The molecule has 0 aromatic heterocycles. The zero-order valence-electron chi connectivity index (χ0n) is 15.7. The molecule has 0 bridgehead atoms. The van der Waals surface area contributed by atoms with E-state index in [1.165, 1.54) is 0 Å².